The van der Waals surface area contributed by atoms with Crippen LogP contribution in [0.15, 0.2) is 18.2 Å². The summed E-state index contributed by atoms with van der Waals surface area (Å²) in [5.74, 6) is 0.796. The molecule has 26 heavy (non-hydrogen) atoms. The fourth-order valence-electron chi connectivity index (χ4n) is 4.27. The van der Waals surface area contributed by atoms with E-state index in [1.54, 1.807) is 26.1 Å². The van der Waals surface area contributed by atoms with E-state index in [0.717, 1.165) is 24.2 Å². The first-order valence-corrected chi connectivity index (χ1v) is 9.19. The number of hydrogen-bond acceptors (Lipinski definition) is 3. The summed E-state index contributed by atoms with van der Waals surface area (Å²) in [5.41, 5.74) is 1.86. The number of aryl methyl sites for hydroxylation is 1. The van der Waals surface area contributed by atoms with E-state index in [0.29, 0.717) is 19.6 Å². The second kappa shape index (κ2) is 6.82. The summed E-state index contributed by atoms with van der Waals surface area (Å²) in [4.78, 5) is 31.1. The first kappa shape index (κ1) is 18.5. The first-order chi connectivity index (χ1) is 12.3. The molecule has 1 aliphatic heterocycles. The Balaban J connectivity index is 1.82. The highest BCUT2D eigenvalue weighted by molar-refractivity contribution is 5.87. The summed E-state index contributed by atoms with van der Waals surface area (Å²) in [5, 5.41) is 0. The molecule has 1 aliphatic carbocycles. The van der Waals surface area contributed by atoms with Gasteiger partial charge in [0.05, 0.1) is 18.6 Å². The number of carbonyl (C=O) groups excluding carboxylic acids is 2. The molecule has 3 amide bonds. The smallest absolute Gasteiger partial charge is 0.319 e. The minimum absolute atomic E-state index is 0.00180. The Labute approximate surface area is 155 Å². The van der Waals surface area contributed by atoms with Gasteiger partial charge in [-0.05, 0) is 38.3 Å². The van der Waals surface area contributed by atoms with Crippen molar-refractivity contribution in [3.05, 3.63) is 29.3 Å². The van der Waals surface area contributed by atoms with Crippen LogP contribution in [0.25, 0.3) is 0 Å². The van der Waals surface area contributed by atoms with Crippen molar-refractivity contribution in [2.75, 3.05) is 40.8 Å². The fourth-order valence-corrected chi connectivity index (χ4v) is 4.27. The Kier molecular flexibility index (Phi) is 4.86. The van der Waals surface area contributed by atoms with E-state index in [2.05, 4.69) is 6.07 Å². The molecule has 3 rings (SSSR count). The van der Waals surface area contributed by atoms with Gasteiger partial charge in [-0.2, -0.15) is 0 Å². The number of piperazine rings is 1. The molecule has 0 aromatic heterocycles. The molecule has 0 bridgehead atoms. The maximum Gasteiger partial charge on any atom is 0.319 e. The second-order valence-electron chi connectivity index (χ2n) is 8.03. The van der Waals surface area contributed by atoms with Crippen molar-refractivity contribution in [1.82, 2.24) is 14.7 Å². The van der Waals surface area contributed by atoms with Gasteiger partial charge >= 0.3 is 6.03 Å². The van der Waals surface area contributed by atoms with Crippen molar-refractivity contribution in [2.24, 2.45) is 0 Å². The van der Waals surface area contributed by atoms with Crippen LogP contribution in [0.4, 0.5) is 4.79 Å². The largest absolute Gasteiger partial charge is 0.496 e. The predicted molar refractivity (Wildman–Crippen MR) is 101 cm³/mol. The van der Waals surface area contributed by atoms with Gasteiger partial charge in [0.15, 0.2) is 0 Å². The van der Waals surface area contributed by atoms with Crippen LogP contribution in [0.3, 0.4) is 0 Å². The highest BCUT2D eigenvalue weighted by atomic mass is 16.5. The Morgan fingerprint density at radius 2 is 1.96 bits per heavy atom. The number of hydrogen-bond donors (Lipinski definition) is 0. The summed E-state index contributed by atoms with van der Waals surface area (Å²) in [6.07, 6.45) is 1.73. The number of carbonyl (C=O) groups is 2. The number of fused-ring (bicyclic) bond motifs is 1. The normalized spacial score (nSPS) is 21.3. The molecule has 6 nitrogen and oxygen atoms in total. The zero-order valence-corrected chi connectivity index (χ0v) is 16.4. The maximum atomic E-state index is 13.4. The SMILES string of the molecule is COc1cccc2c1C(C(=O)N1CCN(C(=O)N(C)C)CC1(C)C)CC2. The average molecular weight is 359 g/mol. The molecule has 1 atom stereocenters. The quantitative estimate of drug-likeness (QED) is 0.814. The Bertz CT molecular complexity index is 714. The van der Waals surface area contributed by atoms with Crippen LogP contribution in [-0.4, -0.2) is 73.0 Å². The minimum Gasteiger partial charge on any atom is -0.496 e. The number of amides is 3. The van der Waals surface area contributed by atoms with Crippen molar-refractivity contribution < 1.29 is 14.3 Å². The molecule has 1 unspecified atom stereocenters. The van der Waals surface area contributed by atoms with Crippen LogP contribution in [0, 0.1) is 0 Å². The summed E-state index contributed by atoms with van der Waals surface area (Å²) in [7, 11) is 5.17. The highest BCUT2D eigenvalue weighted by Gasteiger charge is 2.43. The van der Waals surface area contributed by atoms with Gasteiger partial charge in [-0.15, -0.1) is 0 Å². The van der Waals surface area contributed by atoms with Crippen molar-refractivity contribution in [3.8, 4) is 5.75 Å². The van der Waals surface area contributed by atoms with Gasteiger partial charge in [0.1, 0.15) is 5.75 Å². The molecule has 6 heteroatoms. The molecule has 0 N–H and O–H groups in total. The molecule has 1 fully saturated rings. The van der Waals surface area contributed by atoms with Gasteiger partial charge in [0, 0.05) is 39.3 Å². The monoisotopic (exact) mass is 359 g/mol. The Hall–Kier alpha value is -2.24. The molecule has 1 heterocycles. The number of methoxy groups -OCH3 is 1. The number of rotatable bonds is 2. The molecule has 1 aromatic carbocycles. The third kappa shape index (κ3) is 3.13. The molecular formula is C20H29N3O3. The van der Waals surface area contributed by atoms with Crippen LogP contribution in [-0.2, 0) is 11.2 Å². The molecule has 2 aliphatic rings. The van der Waals surface area contributed by atoms with Crippen molar-refractivity contribution in [1.29, 1.82) is 0 Å². The van der Waals surface area contributed by atoms with E-state index in [4.69, 9.17) is 4.74 Å². The lowest BCUT2D eigenvalue weighted by Crippen LogP contribution is -2.63. The van der Waals surface area contributed by atoms with Gasteiger partial charge in [-0.25, -0.2) is 4.79 Å². The molecule has 142 valence electrons. The van der Waals surface area contributed by atoms with Gasteiger partial charge in [-0.3, -0.25) is 4.79 Å². The summed E-state index contributed by atoms with van der Waals surface area (Å²) in [6, 6.07) is 6.01. The lowest BCUT2D eigenvalue weighted by atomic mass is 9.93. The minimum atomic E-state index is -0.397. The zero-order chi connectivity index (χ0) is 19.1. The van der Waals surface area contributed by atoms with Crippen LogP contribution in [0.2, 0.25) is 0 Å². The van der Waals surface area contributed by atoms with E-state index in [1.807, 2.05) is 35.8 Å². The third-order valence-corrected chi connectivity index (χ3v) is 5.55. The predicted octanol–water partition coefficient (Wildman–Crippen LogP) is 2.33. The van der Waals surface area contributed by atoms with Gasteiger partial charge in [0.25, 0.3) is 0 Å². The van der Waals surface area contributed by atoms with E-state index < -0.39 is 5.54 Å². The molecule has 0 saturated carbocycles. The lowest BCUT2D eigenvalue weighted by Gasteiger charge is -2.48. The molecule has 0 radical (unpaired) electrons. The lowest BCUT2D eigenvalue weighted by molar-refractivity contribution is -0.141. The molecule has 1 saturated heterocycles. The average Bonchev–Trinajstić information content (AvgIpc) is 3.03. The van der Waals surface area contributed by atoms with Crippen molar-refractivity contribution in [3.63, 3.8) is 0 Å². The van der Waals surface area contributed by atoms with E-state index in [1.165, 1.54) is 5.56 Å². The van der Waals surface area contributed by atoms with Crippen LogP contribution in [0.1, 0.15) is 37.3 Å². The van der Waals surface area contributed by atoms with Gasteiger partial charge in [0.2, 0.25) is 5.91 Å². The topological polar surface area (TPSA) is 53.1 Å². The summed E-state index contributed by atoms with van der Waals surface area (Å²) >= 11 is 0. The van der Waals surface area contributed by atoms with Crippen LogP contribution in [0.5, 0.6) is 5.75 Å². The Morgan fingerprint density at radius 3 is 2.58 bits per heavy atom. The van der Waals surface area contributed by atoms with E-state index in [-0.39, 0.29) is 17.9 Å². The number of benzene rings is 1. The van der Waals surface area contributed by atoms with Crippen molar-refractivity contribution >= 4 is 11.9 Å². The van der Waals surface area contributed by atoms with Gasteiger partial charge < -0.3 is 19.4 Å². The number of urea groups is 1. The Morgan fingerprint density at radius 1 is 1.23 bits per heavy atom. The van der Waals surface area contributed by atoms with Crippen LogP contribution < -0.4 is 4.74 Å². The first-order valence-electron chi connectivity index (χ1n) is 9.19. The molecule has 1 aromatic rings. The molecule has 0 spiro atoms. The van der Waals surface area contributed by atoms with Crippen LogP contribution >= 0.6 is 0 Å². The maximum absolute atomic E-state index is 13.4. The second-order valence-corrected chi connectivity index (χ2v) is 8.03. The van der Waals surface area contributed by atoms with Gasteiger partial charge in [-0.1, -0.05) is 12.1 Å². The standard InChI is InChI=1S/C20H29N3O3/c1-20(2)13-22(19(25)21(3)4)11-12-23(20)18(24)15-10-9-14-7-6-8-16(26-5)17(14)15/h6-8,15H,9-13H2,1-5H3. The highest BCUT2D eigenvalue weighted by Crippen LogP contribution is 2.41. The fraction of sp³-hybridized carbons (Fsp3) is 0.600. The summed E-state index contributed by atoms with van der Waals surface area (Å²) in [6.45, 7) is 5.75. The number of ether oxygens (including phenoxy) is 1. The summed E-state index contributed by atoms with van der Waals surface area (Å²) < 4.78 is 5.52. The van der Waals surface area contributed by atoms with E-state index >= 15 is 0 Å². The third-order valence-electron chi connectivity index (χ3n) is 5.55. The van der Waals surface area contributed by atoms with Crippen molar-refractivity contribution in [2.45, 2.75) is 38.1 Å². The number of nitrogens with zero attached hydrogens (tertiary/aromatic N) is 3. The molecular weight excluding hydrogens is 330 g/mol. The van der Waals surface area contributed by atoms with E-state index in [9.17, 15) is 9.59 Å². The zero-order valence-electron chi connectivity index (χ0n) is 16.4.